The fourth-order valence-corrected chi connectivity index (χ4v) is 9.15. The quantitative estimate of drug-likeness (QED) is 0.102. The molecule has 2 aliphatic heterocycles. The van der Waals surface area contributed by atoms with E-state index in [0.717, 1.165) is 47.3 Å². The van der Waals surface area contributed by atoms with Gasteiger partial charge in [0.05, 0.1) is 18.8 Å². The van der Waals surface area contributed by atoms with Gasteiger partial charge in [0.15, 0.2) is 29.6 Å². The molecule has 11 heteroatoms. The maximum atomic E-state index is 14.2. The summed E-state index contributed by atoms with van der Waals surface area (Å²) in [4.78, 5) is 15.2. The van der Waals surface area contributed by atoms with Gasteiger partial charge in [0.2, 0.25) is 5.82 Å². The molecule has 4 aromatic carbocycles. The number of aliphatic hydroxyl groups excluding tert-OH is 1. The van der Waals surface area contributed by atoms with Gasteiger partial charge in [-0.3, -0.25) is 9.69 Å². The van der Waals surface area contributed by atoms with Gasteiger partial charge in [-0.05, 0) is 70.0 Å². The lowest BCUT2D eigenvalue weighted by molar-refractivity contribution is -0.276. The molecule has 6 nitrogen and oxygen atoms in total. The third-order valence-corrected chi connectivity index (χ3v) is 11.4. The number of aliphatic hydroxyl groups is 1. The summed E-state index contributed by atoms with van der Waals surface area (Å²) in [5, 5.41) is 11.9. The van der Waals surface area contributed by atoms with Gasteiger partial charge in [-0.1, -0.05) is 88.4 Å². The Balaban J connectivity index is 1.12. The Hall–Kier alpha value is -4.16. The van der Waals surface area contributed by atoms with Crippen molar-refractivity contribution in [2.75, 3.05) is 13.1 Å². The molecule has 6 atom stereocenters. The van der Waals surface area contributed by atoms with Gasteiger partial charge < -0.3 is 19.9 Å². The standard InChI is InChI=1S/C43H45F5N2O4/c1-24-32(20-50-23-43(4)18-31(50)17-42(2,3)22-43)53-41(54-39(24)27-13-11-25(21-51)12-14-27)30-10-6-9-29(16-30)28-8-5-7-26(15-28)19-49-40(52)33-34(44)36(46)38(48)37(47)35(33)45/h5-16,24,31-32,39,41,51H,17-23H2,1-4H3,(H,49,52)/t24-,31?,32+,39+,41+,43?/m0/s1. The van der Waals surface area contributed by atoms with Crippen LogP contribution in [0.25, 0.3) is 11.1 Å². The number of nitrogens with one attached hydrogen (secondary N) is 1. The van der Waals surface area contributed by atoms with Crippen molar-refractivity contribution in [1.82, 2.24) is 10.2 Å². The Bertz CT molecular complexity index is 2010. The number of ether oxygens (including phenoxy) is 2. The van der Waals surface area contributed by atoms with E-state index in [1.807, 2.05) is 54.6 Å². The van der Waals surface area contributed by atoms with Crippen molar-refractivity contribution in [3.05, 3.63) is 130 Å². The highest BCUT2D eigenvalue weighted by molar-refractivity contribution is 5.94. The molecule has 2 N–H and O–H groups in total. The average molecular weight is 749 g/mol. The van der Waals surface area contributed by atoms with Crippen LogP contribution in [0.3, 0.4) is 0 Å². The lowest BCUT2D eigenvalue weighted by atomic mass is 9.65. The molecule has 286 valence electrons. The highest BCUT2D eigenvalue weighted by Crippen LogP contribution is 2.53. The molecule has 2 bridgehead atoms. The predicted molar refractivity (Wildman–Crippen MR) is 193 cm³/mol. The van der Waals surface area contributed by atoms with Crippen LogP contribution in [0.5, 0.6) is 0 Å². The molecule has 0 aromatic heterocycles. The van der Waals surface area contributed by atoms with Crippen LogP contribution in [0.4, 0.5) is 22.0 Å². The second-order valence-corrected chi connectivity index (χ2v) is 16.4. The molecule has 2 saturated heterocycles. The zero-order chi connectivity index (χ0) is 38.5. The fraction of sp³-hybridized carbons (Fsp3) is 0.419. The molecule has 7 rings (SSSR count). The number of nitrogens with zero attached hydrogens (tertiary/aromatic N) is 1. The van der Waals surface area contributed by atoms with Gasteiger partial charge in [0, 0.05) is 37.2 Å². The SMILES string of the molecule is C[C@H]1[C@@H](CN2CC3(C)CC2CC(C)(C)C3)O[C@@H](c2cccc(-c3cccc(CNC(=O)c4c(F)c(F)c(F)c(F)c4F)c3)c2)O[C@H]1c1ccc(CO)cc1. The first kappa shape index (κ1) is 38.1. The number of rotatable bonds is 9. The van der Waals surface area contributed by atoms with Gasteiger partial charge >= 0.3 is 0 Å². The lowest BCUT2D eigenvalue weighted by Gasteiger charge is -2.43. The Morgan fingerprint density at radius 2 is 1.46 bits per heavy atom. The van der Waals surface area contributed by atoms with Crippen molar-refractivity contribution in [1.29, 1.82) is 0 Å². The third kappa shape index (κ3) is 7.56. The van der Waals surface area contributed by atoms with E-state index in [9.17, 15) is 31.9 Å². The first-order valence-electron chi connectivity index (χ1n) is 18.4. The van der Waals surface area contributed by atoms with Gasteiger partial charge in [-0.25, -0.2) is 22.0 Å². The molecule has 1 amide bonds. The number of benzene rings is 4. The Labute approximate surface area is 312 Å². The van der Waals surface area contributed by atoms with E-state index in [4.69, 9.17) is 9.47 Å². The molecule has 0 spiro atoms. The number of hydrogen-bond donors (Lipinski definition) is 2. The van der Waals surface area contributed by atoms with E-state index in [0.29, 0.717) is 11.6 Å². The molecule has 2 unspecified atom stereocenters. The largest absolute Gasteiger partial charge is 0.392 e. The second kappa shape index (κ2) is 14.8. The van der Waals surface area contributed by atoms with Crippen molar-refractivity contribution in [3.63, 3.8) is 0 Å². The van der Waals surface area contributed by atoms with Crippen molar-refractivity contribution >= 4 is 5.91 Å². The topological polar surface area (TPSA) is 71.0 Å². The summed E-state index contributed by atoms with van der Waals surface area (Å²) in [7, 11) is 0. The first-order valence-corrected chi connectivity index (χ1v) is 18.4. The summed E-state index contributed by atoms with van der Waals surface area (Å²) in [6.45, 7) is 10.9. The third-order valence-electron chi connectivity index (χ3n) is 11.4. The van der Waals surface area contributed by atoms with Crippen molar-refractivity contribution in [2.45, 2.75) is 84.6 Å². The number of amides is 1. The van der Waals surface area contributed by atoms with E-state index >= 15 is 0 Å². The molecule has 1 aliphatic carbocycles. The summed E-state index contributed by atoms with van der Waals surface area (Å²) in [6.07, 6.45) is 2.44. The summed E-state index contributed by atoms with van der Waals surface area (Å²) >= 11 is 0. The van der Waals surface area contributed by atoms with Crippen LogP contribution in [-0.4, -0.2) is 41.1 Å². The molecule has 4 aromatic rings. The van der Waals surface area contributed by atoms with Crippen molar-refractivity contribution in [2.24, 2.45) is 16.7 Å². The molecular formula is C43H45F5N2O4. The number of likely N-dealkylation sites (tertiary alicyclic amines) is 1. The molecular weight excluding hydrogens is 703 g/mol. The highest BCUT2D eigenvalue weighted by atomic mass is 19.2. The van der Waals surface area contributed by atoms with Crippen LogP contribution in [0.2, 0.25) is 0 Å². The minimum atomic E-state index is -2.33. The number of hydrogen-bond acceptors (Lipinski definition) is 5. The first-order chi connectivity index (χ1) is 25.6. The van der Waals surface area contributed by atoms with E-state index in [1.54, 1.807) is 18.2 Å². The normalized spacial score (nSPS) is 26.5. The van der Waals surface area contributed by atoms with Crippen LogP contribution in [0, 0.1) is 45.8 Å². The summed E-state index contributed by atoms with van der Waals surface area (Å²) in [6, 6.07) is 23.1. The van der Waals surface area contributed by atoms with Gasteiger partial charge in [-0.2, -0.15) is 0 Å². The maximum absolute atomic E-state index is 14.2. The molecule has 54 heavy (non-hydrogen) atoms. The minimum Gasteiger partial charge on any atom is -0.392 e. The number of halogens is 5. The molecule has 1 saturated carbocycles. The summed E-state index contributed by atoms with van der Waals surface area (Å²) in [5.41, 5.74) is 3.76. The van der Waals surface area contributed by atoms with Gasteiger partial charge in [0.25, 0.3) is 5.91 Å². The van der Waals surface area contributed by atoms with E-state index < -0.39 is 46.8 Å². The molecule has 0 radical (unpaired) electrons. The van der Waals surface area contributed by atoms with Gasteiger partial charge in [0.1, 0.15) is 5.56 Å². The second-order valence-electron chi connectivity index (χ2n) is 16.4. The summed E-state index contributed by atoms with van der Waals surface area (Å²) < 4.78 is 83.0. The number of fused-ring (bicyclic) bond motifs is 2. The van der Waals surface area contributed by atoms with Crippen molar-refractivity contribution in [3.8, 4) is 11.1 Å². The Morgan fingerprint density at radius 3 is 2.15 bits per heavy atom. The van der Waals surface area contributed by atoms with Crippen LogP contribution in [0.15, 0.2) is 72.8 Å². The monoisotopic (exact) mass is 748 g/mol. The molecule has 3 aliphatic rings. The van der Waals surface area contributed by atoms with E-state index in [1.165, 1.54) is 12.8 Å². The lowest BCUT2D eigenvalue weighted by Crippen LogP contribution is -2.46. The minimum absolute atomic E-state index is 0.0300. The van der Waals surface area contributed by atoms with Crippen LogP contribution in [0.1, 0.15) is 92.0 Å². The number of carbonyl (C=O) groups excluding carboxylic acids is 1. The smallest absolute Gasteiger partial charge is 0.257 e. The zero-order valence-electron chi connectivity index (χ0n) is 30.8. The predicted octanol–water partition coefficient (Wildman–Crippen LogP) is 9.16. The van der Waals surface area contributed by atoms with Crippen LogP contribution >= 0.6 is 0 Å². The molecule has 3 fully saturated rings. The van der Waals surface area contributed by atoms with E-state index in [2.05, 4.69) is 37.9 Å². The zero-order valence-corrected chi connectivity index (χ0v) is 30.8. The van der Waals surface area contributed by atoms with Gasteiger partial charge in [-0.15, -0.1) is 0 Å². The average Bonchev–Trinajstić information content (AvgIpc) is 3.40. The summed E-state index contributed by atoms with van der Waals surface area (Å²) in [5.74, 6) is -12.5. The van der Waals surface area contributed by atoms with Crippen molar-refractivity contribution < 1.29 is 41.3 Å². The fourth-order valence-electron chi connectivity index (χ4n) is 9.15. The van der Waals surface area contributed by atoms with Crippen LogP contribution in [-0.2, 0) is 22.6 Å². The Morgan fingerprint density at radius 1 is 0.815 bits per heavy atom. The number of carbonyl (C=O) groups is 1. The maximum Gasteiger partial charge on any atom is 0.257 e. The molecule has 2 heterocycles. The van der Waals surface area contributed by atoms with E-state index in [-0.39, 0.29) is 42.1 Å². The van der Waals surface area contributed by atoms with Crippen LogP contribution < -0.4 is 5.32 Å². The highest BCUT2D eigenvalue weighted by Gasteiger charge is 2.51. The Kier molecular flexibility index (Phi) is 10.5.